The Morgan fingerprint density at radius 2 is 2.00 bits per heavy atom. The van der Waals surface area contributed by atoms with Gasteiger partial charge in [-0.05, 0) is 24.1 Å². The molecule has 15 heteroatoms. The predicted molar refractivity (Wildman–Crippen MR) is 111 cm³/mol. The minimum atomic E-state index is -1.37. The molecule has 3 N–H and O–H groups in total. The number of anilines is 2. The van der Waals surface area contributed by atoms with Crippen LogP contribution in [0.5, 0.6) is 0 Å². The van der Waals surface area contributed by atoms with Gasteiger partial charge in [-0.2, -0.15) is 0 Å². The maximum atomic E-state index is 12.3. The van der Waals surface area contributed by atoms with Crippen LogP contribution in [-0.2, 0) is 9.53 Å². The molecule has 1 aliphatic rings. The number of carbonyl (C=O) groups excluding carboxylic acids is 2. The largest absolute Gasteiger partial charge is 1.00 e. The number of aliphatic carboxylic acids is 1. The van der Waals surface area contributed by atoms with E-state index in [-0.39, 0.29) is 53.1 Å². The van der Waals surface area contributed by atoms with E-state index < -0.39 is 42.8 Å². The van der Waals surface area contributed by atoms with E-state index in [1.807, 2.05) is 6.07 Å². The number of urea groups is 1. The van der Waals surface area contributed by atoms with Gasteiger partial charge in [0.15, 0.2) is 23.2 Å². The second kappa shape index (κ2) is 11.2. The smallest absolute Gasteiger partial charge is 0.550 e. The number of hydrogen-bond donors (Lipinski definition) is 3. The number of carbonyl (C=O) groups is 2. The summed E-state index contributed by atoms with van der Waals surface area (Å²) in [6.45, 7) is -0.171. The van der Waals surface area contributed by atoms with Crippen LogP contribution in [0.15, 0.2) is 48.1 Å². The van der Waals surface area contributed by atoms with Crippen LogP contribution in [0, 0.1) is 5.92 Å². The molecule has 3 heterocycles. The molecular weight excluding hydrogens is 457 g/mol. The van der Waals surface area contributed by atoms with E-state index in [9.17, 15) is 19.8 Å². The molecule has 0 unspecified atom stereocenters. The number of carboxylic acid groups (broad SMARTS) is 1. The molecule has 2 aromatic heterocycles. The maximum Gasteiger partial charge on any atom is 1.00 e. The number of imidazole rings is 1. The Morgan fingerprint density at radius 1 is 1.24 bits per heavy atom. The second-order valence-electron chi connectivity index (χ2n) is 7.20. The van der Waals surface area contributed by atoms with Gasteiger partial charge >= 0.3 is 35.6 Å². The number of ether oxygens (including phenoxy) is 1. The molecule has 0 aliphatic carbocycles. The zero-order chi connectivity index (χ0) is 23.4. The first-order valence-electron chi connectivity index (χ1n) is 9.82. The molecular formula is C19H18N9NaO5. The van der Waals surface area contributed by atoms with Crippen molar-refractivity contribution in [1.29, 1.82) is 0 Å². The van der Waals surface area contributed by atoms with E-state index in [1.54, 1.807) is 24.3 Å². The third kappa shape index (κ3) is 5.44. The van der Waals surface area contributed by atoms with Gasteiger partial charge in [-0.3, -0.25) is 9.88 Å². The summed E-state index contributed by atoms with van der Waals surface area (Å²) in [4.78, 5) is 38.6. The summed E-state index contributed by atoms with van der Waals surface area (Å²) in [5.41, 5.74) is 9.63. The van der Waals surface area contributed by atoms with Crippen molar-refractivity contribution in [2.24, 2.45) is 11.0 Å². The van der Waals surface area contributed by atoms with Crippen LogP contribution in [0.25, 0.3) is 21.6 Å². The molecule has 34 heavy (non-hydrogen) atoms. The molecule has 0 bridgehead atoms. The number of rotatable bonds is 7. The number of aliphatic hydroxyl groups excluding tert-OH is 1. The number of amides is 2. The number of fused-ring (bicyclic) bond motifs is 1. The molecule has 0 radical (unpaired) electrons. The maximum absolute atomic E-state index is 12.3. The standard InChI is InChI=1S/C19H19N9O5.Na/c20-27-24-7-12-11(6-13(29)30)15(31)18(33-12)28-9-23-14-16(21-8-22-17(14)28)26-19(32)25-10-4-2-1-3-5-10;/h1-5,8-9,11-12,15,18,31H,6-7H2,(H,29,30)(H2,21,22,25,26,32);/q;+1/p-1/t11-,12-,15-,18-;/m1./s1. The van der Waals surface area contributed by atoms with E-state index in [4.69, 9.17) is 10.3 Å². The number of hydrogen-bond acceptors (Lipinski definition) is 9. The third-order valence-electron chi connectivity index (χ3n) is 5.15. The zero-order valence-corrected chi connectivity index (χ0v) is 20.0. The summed E-state index contributed by atoms with van der Waals surface area (Å²) in [6, 6.07) is 8.26. The Balaban J connectivity index is 0.00000324. The zero-order valence-electron chi connectivity index (χ0n) is 18.0. The monoisotopic (exact) mass is 475 g/mol. The predicted octanol–water partition coefficient (Wildman–Crippen LogP) is -2.20. The molecule has 2 amide bonds. The van der Waals surface area contributed by atoms with Crippen molar-refractivity contribution >= 4 is 34.7 Å². The molecule has 4 rings (SSSR count). The van der Waals surface area contributed by atoms with Crippen LogP contribution in [0.3, 0.4) is 0 Å². The van der Waals surface area contributed by atoms with Gasteiger partial charge in [-0.25, -0.2) is 19.7 Å². The molecule has 1 saturated heterocycles. The molecule has 4 atom stereocenters. The summed E-state index contributed by atoms with van der Waals surface area (Å²) in [7, 11) is 0. The van der Waals surface area contributed by atoms with Crippen molar-refractivity contribution in [3.63, 3.8) is 0 Å². The summed E-state index contributed by atoms with van der Waals surface area (Å²) in [5.74, 6) is -2.13. The molecule has 14 nitrogen and oxygen atoms in total. The van der Waals surface area contributed by atoms with Crippen molar-refractivity contribution in [3.8, 4) is 0 Å². The van der Waals surface area contributed by atoms with E-state index >= 15 is 0 Å². The van der Waals surface area contributed by atoms with Gasteiger partial charge < -0.3 is 25.1 Å². The average Bonchev–Trinajstić information content (AvgIpc) is 3.35. The summed E-state index contributed by atoms with van der Waals surface area (Å²) < 4.78 is 7.20. The van der Waals surface area contributed by atoms with Crippen LogP contribution < -0.4 is 45.3 Å². The van der Waals surface area contributed by atoms with Crippen LogP contribution in [0.2, 0.25) is 0 Å². The van der Waals surface area contributed by atoms with E-state index in [0.717, 1.165) is 0 Å². The first kappa shape index (κ1) is 25.4. The normalized spacial score (nSPS) is 21.3. The SMILES string of the molecule is [N-]=[N+]=NC[C@H]1O[C@@H](n2cnc3c(NC(=O)Nc4ccccc4)ncnc32)[C@H](O)[C@@H]1CC(=O)[O-].[Na+]. The van der Waals surface area contributed by atoms with Crippen LogP contribution in [0.4, 0.5) is 16.3 Å². The number of nitrogens with zero attached hydrogens (tertiary/aromatic N) is 7. The number of para-hydroxylation sites is 1. The van der Waals surface area contributed by atoms with Gasteiger partial charge in [0, 0.05) is 22.5 Å². The van der Waals surface area contributed by atoms with Crippen LogP contribution >= 0.6 is 0 Å². The second-order valence-corrected chi connectivity index (χ2v) is 7.20. The molecule has 3 aromatic rings. The van der Waals surface area contributed by atoms with Crippen molar-refractivity contribution in [2.75, 3.05) is 17.2 Å². The van der Waals surface area contributed by atoms with Gasteiger partial charge in [-0.1, -0.05) is 23.3 Å². The first-order valence-corrected chi connectivity index (χ1v) is 9.82. The number of aromatic nitrogens is 4. The van der Waals surface area contributed by atoms with Gasteiger partial charge in [0.05, 0.1) is 19.0 Å². The Hall–Kier alpha value is -3.26. The van der Waals surface area contributed by atoms with Gasteiger partial charge in [0.1, 0.15) is 12.4 Å². The molecule has 1 aliphatic heterocycles. The summed E-state index contributed by atoms with van der Waals surface area (Å²) in [6.07, 6.45) is -1.13. The Bertz CT molecular complexity index is 1220. The summed E-state index contributed by atoms with van der Waals surface area (Å²) >= 11 is 0. The quantitative estimate of drug-likeness (QED) is 0.148. The van der Waals surface area contributed by atoms with Gasteiger partial charge in [0.25, 0.3) is 0 Å². The number of aliphatic hydroxyl groups is 1. The fourth-order valence-electron chi connectivity index (χ4n) is 3.68. The van der Waals surface area contributed by atoms with Gasteiger partial charge in [-0.15, -0.1) is 0 Å². The number of benzene rings is 1. The molecule has 1 fully saturated rings. The summed E-state index contributed by atoms with van der Waals surface area (Å²) in [5, 5.41) is 30.6. The number of nitrogens with one attached hydrogen (secondary N) is 2. The molecule has 0 saturated carbocycles. The average molecular weight is 475 g/mol. The minimum Gasteiger partial charge on any atom is -0.550 e. The van der Waals surface area contributed by atoms with Crippen LogP contribution in [-0.4, -0.2) is 55.4 Å². The van der Waals surface area contributed by atoms with Crippen molar-refractivity contribution in [2.45, 2.75) is 24.9 Å². The topological polar surface area (TPSA) is 203 Å². The van der Waals surface area contributed by atoms with Crippen LogP contribution in [0.1, 0.15) is 12.6 Å². The Morgan fingerprint density at radius 3 is 2.71 bits per heavy atom. The molecule has 0 spiro atoms. The van der Waals surface area contributed by atoms with E-state index in [2.05, 4.69) is 35.6 Å². The van der Waals surface area contributed by atoms with Crippen molar-refractivity contribution in [1.82, 2.24) is 19.5 Å². The fraction of sp³-hybridized carbons (Fsp3) is 0.316. The van der Waals surface area contributed by atoms with E-state index in [0.29, 0.717) is 5.69 Å². The van der Waals surface area contributed by atoms with E-state index in [1.165, 1.54) is 17.2 Å². The minimum absolute atomic E-state index is 0. The molecule has 1 aromatic carbocycles. The number of azide groups is 1. The van der Waals surface area contributed by atoms with Crippen molar-refractivity contribution < 1.29 is 54.1 Å². The molecule has 170 valence electrons. The van der Waals surface area contributed by atoms with Gasteiger partial charge in [0.2, 0.25) is 0 Å². The van der Waals surface area contributed by atoms with Crippen molar-refractivity contribution in [3.05, 3.63) is 53.4 Å². The Labute approximate surface area is 214 Å². The first-order chi connectivity index (χ1) is 16.0. The Kier molecular flexibility index (Phi) is 8.39. The fourth-order valence-corrected chi connectivity index (χ4v) is 3.68. The third-order valence-corrected chi connectivity index (χ3v) is 5.15. The number of carboxylic acids is 1.